The maximum Gasteiger partial charge on any atom is 0.0856 e. The molecule has 1 rings (SSSR count). The van der Waals surface area contributed by atoms with Crippen LogP contribution in [-0.4, -0.2) is 30.4 Å². The summed E-state index contributed by atoms with van der Waals surface area (Å²) in [5.74, 6) is 0. The summed E-state index contributed by atoms with van der Waals surface area (Å²) in [4.78, 5) is 6.32. The van der Waals surface area contributed by atoms with Crippen molar-refractivity contribution in [3.63, 3.8) is 0 Å². The van der Waals surface area contributed by atoms with Crippen LogP contribution in [0, 0.1) is 0 Å². The van der Waals surface area contributed by atoms with Crippen LogP contribution in [0.4, 0.5) is 0 Å². The first kappa shape index (κ1) is 8.05. The average molecular weight is 150 g/mol. The third-order valence-electron chi connectivity index (χ3n) is 1.82. The molecule has 1 unspecified atom stereocenters. The summed E-state index contributed by atoms with van der Waals surface area (Å²) in [6, 6.07) is 0.388. The second kappa shape index (κ2) is 3.96. The zero-order valence-electron chi connectivity index (χ0n) is 6.74. The maximum atomic E-state index is 4.13. The molecule has 0 amide bonds. The number of nitrogens with zero attached hydrogens (tertiary/aromatic N) is 2. The molecule has 0 aromatic rings. The Bertz CT molecular complexity index is 172. The van der Waals surface area contributed by atoms with E-state index in [1.807, 2.05) is 18.5 Å². The Hall–Kier alpha value is -1.05. The number of rotatable bonds is 4. The van der Waals surface area contributed by atoms with Gasteiger partial charge in [-0.3, -0.25) is 4.99 Å². The van der Waals surface area contributed by atoms with Crippen LogP contribution < -0.4 is 0 Å². The lowest BCUT2D eigenvalue weighted by molar-refractivity contribution is 0.400. The first-order chi connectivity index (χ1) is 5.38. The molecule has 0 fully saturated rings. The molecule has 0 saturated carbocycles. The van der Waals surface area contributed by atoms with Gasteiger partial charge in [0.05, 0.1) is 18.9 Å². The number of hydrogen-bond acceptors (Lipinski definition) is 2. The molecule has 0 spiro atoms. The van der Waals surface area contributed by atoms with E-state index in [9.17, 15) is 0 Å². The summed E-state index contributed by atoms with van der Waals surface area (Å²) in [5.41, 5.74) is 0. The molecule has 11 heavy (non-hydrogen) atoms. The van der Waals surface area contributed by atoms with Gasteiger partial charge in [0.25, 0.3) is 0 Å². The van der Waals surface area contributed by atoms with Gasteiger partial charge in [-0.05, 0) is 6.42 Å². The van der Waals surface area contributed by atoms with Gasteiger partial charge in [0, 0.05) is 6.54 Å². The summed E-state index contributed by atoms with van der Waals surface area (Å²) < 4.78 is 0. The van der Waals surface area contributed by atoms with Crippen molar-refractivity contribution < 1.29 is 0 Å². The molecular formula is C9H14N2. The smallest absolute Gasteiger partial charge is 0.0856 e. The Labute approximate surface area is 67.9 Å². The van der Waals surface area contributed by atoms with Crippen LogP contribution in [0.3, 0.4) is 0 Å². The molecule has 1 aliphatic rings. The highest BCUT2D eigenvalue weighted by molar-refractivity contribution is 5.58. The van der Waals surface area contributed by atoms with Gasteiger partial charge in [-0.15, -0.1) is 13.2 Å². The predicted octanol–water partition coefficient (Wildman–Crippen LogP) is 1.46. The van der Waals surface area contributed by atoms with Crippen LogP contribution in [0.2, 0.25) is 0 Å². The lowest BCUT2D eigenvalue weighted by atomic mass is 10.2. The summed E-state index contributed by atoms with van der Waals surface area (Å²) >= 11 is 0. The average Bonchev–Trinajstić information content (AvgIpc) is 2.52. The lowest BCUT2D eigenvalue weighted by Gasteiger charge is -2.21. The highest BCUT2D eigenvalue weighted by Crippen LogP contribution is 2.06. The number of hydrogen-bond donors (Lipinski definition) is 0. The van der Waals surface area contributed by atoms with Gasteiger partial charge in [-0.25, -0.2) is 0 Å². The van der Waals surface area contributed by atoms with Gasteiger partial charge in [-0.2, -0.15) is 0 Å². The van der Waals surface area contributed by atoms with Crippen molar-refractivity contribution in [1.29, 1.82) is 0 Å². The molecule has 1 atom stereocenters. The van der Waals surface area contributed by atoms with Crippen LogP contribution in [0.25, 0.3) is 0 Å². The predicted molar refractivity (Wildman–Crippen MR) is 48.9 cm³/mol. The van der Waals surface area contributed by atoms with Gasteiger partial charge in [0.1, 0.15) is 0 Å². The standard InChI is InChI=1S/C9H14N2/c1-3-5-9(4-2)11-7-6-10-8-11/h3-4,8-9H,1-2,5-7H2. The van der Waals surface area contributed by atoms with E-state index in [0.717, 1.165) is 19.5 Å². The van der Waals surface area contributed by atoms with E-state index in [0.29, 0.717) is 6.04 Å². The van der Waals surface area contributed by atoms with Crippen LogP contribution in [0.15, 0.2) is 30.3 Å². The Morgan fingerprint density at radius 1 is 1.64 bits per heavy atom. The summed E-state index contributed by atoms with van der Waals surface area (Å²) in [6.07, 6.45) is 6.71. The van der Waals surface area contributed by atoms with Crippen molar-refractivity contribution in [2.75, 3.05) is 13.1 Å². The second-order valence-electron chi connectivity index (χ2n) is 2.59. The van der Waals surface area contributed by atoms with Crippen molar-refractivity contribution in [3.05, 3.63) is 25.3 Å². The van der Waals surface area contributed by atoms with E-state index in [-0.39, 0.29) is 0 Å². The minimum Gasteiger partial charge on any atom is -0.354 e. The van der Waals surface area contributed by atoms with Crippen molar-refractivity contribution in [1.82, 2.24) is 4.90 Å². The maximum absolute atomic E-state index is 4.13. The first-order valence-electron chi connectivity index (χ1n) is 3.87. The largest absolute Gasteiger partial charge is 0.354 e. The van der Waals surface area contributed by atoms with E-state index in [1.165, 1.54) is 0 Å². The minimum absolute atomic E-state index is 0.388. The van der Waals surface area contributed by atoms with Gasteiger partial charge < -0.3 is 4.90 Å². The quantitative estimate of drug-likeness (QED) is 0.554. The molecule has 60 valence electrons. The molecule has 1 aliphatic heterocycles. The Balaban J connectivity index is 2.46. The summed E-state index contributed by atoms with van der Waals surface area (Å²) in [6.45, 7) is 9.41. The fraction of sp³-hybridized carbons (Fsp3) is 0.444. The summed E-state index contributed by atoms with van der Waals surface area (Å²) in [7, 11) is 0. The van der Waals surface area contributed by atoms with Gasteiger partial charge in [0.2, 0.25) is 0 Å². The SMILES string of the molecule is C=CCC(C=C)N1C=NCC1. The fourth-order valence-corrected chi connectivity index (χ4v) is 1.18. The van der Waals surface area contributed by atoms with Gasteiger partial charge in [-0.1, -0.05) is 12.2 Å². The van der Waals surface area contributed by atoms with Gasteiger partial charge >= 0.3 is 0 Å². The molecule has 0 bridgehead atoms. The Morgan fingerprint density at radius 2 is 2.45 bits per heavy atom. The molecule has 0 aliphatic carbocycles. The molecule has 1 heterocycles. The number of aliphatic imine (C=N–C) groups is 1. The van der Waals surface area contributed by atoms with E-state index >= 15 is 0 Å². The first-order valence-corrected chi connectivity index (χ1v) is 3.87. The monoisotopic (exact) mass is 150 g/mol. The highest BCUT2D eigenvalue weighted by atomic mass is 15.2. The third kappa shape index (κ3) is 1.93. The molecule has 0 saturated heterocycles. The molecule has 0 N–H and O–H groups in total. The molecule has 0 aromatic carbocycles. The highest BCUT2D eigenvalue weighted by Gasteiger charge is 2.12. The molecule has 0 radical (unpaired) electrons. The Kier molecular flexibility index (Phi) is 2.90. The zero-order valence-corrected chi connectivity index (χ0v) is 6.74. The topological polar surface area (TPSA) is 15.6 Å². The summed E-state index contributed by atoms with van der Waals surface area (Å²) in [5, 5.41) is 0. The minimum atomic E-state index is 0.388. The fourth-order valence-electron chi connectivity index (χ4n) is 1.18. The van der Waals surface area contributed by atoms with Crippen LogP contribution in [-0.2, 0) is 0 Å². The van der Waals surface area contributed by atoms with E-state index in [4.69, 9.17) is 0 Å². The second-order valence-corrected chi connectivity index (χ2v) is 2.59. The van der Waals surface area contributed by atoms with E-state index in [1.54, 1.807) is 0 Å². The van der Waals surface area contributed by atoms with Crippen molar-refractivity contribution >= 4 is 6.34 Å². The third-order valence-corrected chi connectivity index (χ3v) is 1.82. The van der Waals surface area contributed by atoms with Crippen molar-refractivity contribution in [2.24, 2.45) is 4.99 Å². The van der Waals surface area contributed by atoms with Crippen LogP contribution in [0.1, 0.15) is 6.42 Å². The van der Waals surface area contributed by atoms with Crippen LogP contribution in [0.5, 0.6) is 0 Å². The van der Waals surface area contributed by atoms with E-state index in [2.05, 4.69) is 23.1 Å². The molecule has 0 aromatic heterocycles. The normalized spacial score (nSPS) is 18.4. The van der Waals surface area contributed by atoms with Crippen molar-refractivity contribution in [2.45, 2.75) is 12.5 Å². The lowest BCUT2D eigenvalue weighted by Crippen LogP contribution is -2.30. The zero-order chi connectivity index (χ0) is 8.10. The Morgan fingerprint density at radius 3 is 2.91 bits per heavy atom. The van der Waals surface area contributed by atoms with Crippen LogP contribution >= 0.6 is 0 Å². The van der Waals surface area contributed by atoms with E-state index < -0.39 is 0 Å². The van der Waals surface area contributed by atoms with Crippen molar-refractivity contribution in [3.8, 4) is 0 Å². The molecular weight excluding hydrogens is 136 g/mol. The molecule has 2 nitrogen and oxygen atoms in total. The van der Waals surface area contributed by atoms with Gasteiger partial charge in [0.15, 0.2) is 0 Å². The molecule has 2 heteroatoms.